The Morgan fingerprint density at radius 3 is 2.46 bits per heavy atom. The molecular formula is C29H27F2N5O. The van der Waals surface area contributed by atoms with Crippen molar-refractivity contribution in [1.82, 2.24) is 19.8 Å². The van der Waals surface area contributed by atoms with Crippen molar-refractivity contribution >= 4 is 11.9 Å². The van der Waals surface area contributed by atoms with Gasteiger partial charge in [0.25, 0.3) is 0 Å². The summed E-state index contributed by atoms with van der Waals surface area (Å²) >= 11 is 0. The van der Waals surface area contributed by atoms with Crippen LogP contribution < -0.4 is 5.56 Å². The summed E-state index contributed by atoms with van der Waals surface area (Å²) in [5, 5.41) is 10.0. The molecule has 0 spiro atoms. The van der Waals surface area contributed by atoms with Crippen molar-refractivity contribution in [3.05, 3.63) is 106 Å². The van der Waals surface area contributed by atoms with Crippen LogP contribution in [0.25, 0.3) is 28.1 Å². The topological polar surface area (TPSA) is 66.3 Å². The molecule has 5 rings (SSSR count). The molecule has 1 aliphatic heterocycles. The third-order valence-electron chi connectivity index (χ3n) is 6.49. The Balaban J connectivity index is 1.41. The van der Waals surface area contributed by atoms with E-state index < -0.39 is 5.82 Å². The number of aromatic nitrogens is 3. The normalized spacial score (nSPS) is 13.2. The summed E-state index contributed by atoms with van der Waals surface area (Å²) in [4.78, 5) is 15.1. The van der Waals surface area contributed by atoms with Crippen LogP contribution in [0.1, 0.15) is 43.0 Å². The monoisotopic (exact) mass is 499 g/mol. The number of halogens is 2. The van der Waals surface area contributed by atoms with Gasteiger partial charge in [0.15, 0.2) is 0 Å². The van der Waals surface area contributed by atoms with Crippen LogP contribution in [0.5, 0.6) is 0 Å². The van der Waals surface area contributed by atoms with Crippen molar-refractivity contribution in [3.63, 3.8) is 0 Å². The highest BCUT2D eigenvalue weighted by Crippen LogP contribution is 2.34. The van der Waals surface area contributed by atoms with Gasteiger partial charge in [0.2, 0.25) is 5.56 Å². The fraction of sp³-hybridized carbons (Fsp3) is 0.207. The van der Waals surface area contributed by atoms with Crippen molar-refractivity contribution < 1.29 is 8.78 Å². The minimum absolute atomic E-state index is 0.0810. The van der Waals surface area contributed by atoms with E-state index in [0.717, 1.165) is 11.1 Å². The number of aryl methyl sites for hydroxylation is 1. The summed E-state index contributed by atoms with van der Waals surface area (Å²) in [6, 6.07) is 11.4. The predicted octanol–water partition coefficient (Wildman–Crippen LogP) is 5.84. The lowest BCUT2D eigenvalue weighted by Gasteiger charge is -2.28. The second kappa shape index (κ2) is 8.96. The molecule has 2 aromatic heterocycles. The number of rotatable bonds is 4. The molecule has 0 saturated carbocycles. The van der Waals surface area contributed by atoms with Gasteiger partial charge in [0.05, 0.1) is 30.3 Å². The minimum atomic E-state index is -0.460. The zero-order chi connectivity index (χ0) is 26.5. The summed E-state index contributed by atoms with van der Waals surface area (Å²) in [5.74, 6) is -0.837. The SMILES string of the molecule is C=C1c2c(F)cc(C(C)(C)C)cc2C=NN1Cc1ccc(-c2cc(-c3cnn(C)c3)[nH]c(=O)c2)cc1F. The molecule has 188 valence electrons. The van der Waals surface area contributed by atoms with Crippen LogP contribution in [0, 0.1) is 11.6 Å². The molecule has 6 nitrogen and oxygen atoms in total. The molecule has 0 atom stereocenters. The molecule has 0 radical (unpaired) electrons. The number of hydrazone groups is 1. The molecule has 0 saturated heterocycles. The predicted molar refractivity (Wildman–Crippen MR) is 142 cm³/mol. The Morgan fingerprint density at radius 1 is 1.00 bits per heavy atom. The van der Waals surface area contributed by atoms with Crippen LogP contribution in [0.2, 0.25) is 0 Å². The number of nitrogens with zero attached hydrogens (tertiary/aromatic N) is 4. The van der Waals surface area contributed by atoms with E-state index in [1.807, 2.05) is 26.8 Å². The summed E-state index contributed by atoms with van der Waals surface area (Å²) in [5.41, 5.74) is 4.60. The highest BCUT2D eigenvalue weighted by atomic mass is 19.1. The number of nitrogens with one attached hydrogen (secondary N) is 1. The Morgan fingerprint density at radius 2 is 1.78 bits per heavy atom. The van der Waals surface area contributed by atoms with Crippen molar-refractivity contribution in [2.24, 2.45) is 12.1 Å². The average molecular weight is 500 g/mol. The number of pyridine rings is 1. The maximum atomic E-state index is 15.2. The number of hydrogen-bond acceptors (Lipinski definition) is 4. The molecule has 1 aliphatic rings. The van der Waals surface area contributed by atoms with Crippen LogP contribution in [0.4, 0.5) is 8.78 Å². The maximum Gasteiger partial charge on any atom is 0.249 e. The standard InChI is InChI=1S/C29H27F2N5O/c1-17-28-21(8-23(12-25(28)31)29(2,3)4)13-33-36(17)16-19-7-6-18(9-24(19)30)20-10-26(34-27(37)11-20)22-14-32-35(5)15-22/h6-15H,1,16H2,2-5H3,(H,34,37). The van der Waals surface area contributed by atoms with Gasteiger partial charge >= 0.3 is 0 Å². The van der Waals surface area contributed by atoms with Gasteiger partial charge in [-0.2, -0.15) is 10.2 Å². The Kier molecular flexibility index (Phi) is 5.90. The van der Waals surface area contributed by atoms with Crippen molar-refractivity contribution in [3.8, 4) is 22.4 Å². The van der Waals surface area contributed by atoms with Gasteiger partial charge in [-0.1, -0.05) is 39.5 Å². The summed E-state index contributed by atoms with van der Waals surface area (Å²) in [6.45, 7) is 10.2. The first-order valence-electron chi connectivity index (χ1n) is 11.9. The first-order chi connectivity index (χ1) is 17.5. The van der Waals surface area contributed by atoms with Crippen LogP contribution >= 0.6 is 0 Å². The van der Waals surface area contributed by atoms with E-state index in [4.69, 9.17) is 0 Å². The molecule has 0 unspecified atom stereocenters. The van der Waals surface area contributed by atoms with E-state index in [1.54, 1.807) is 48.5 Å². The highest BCUT2D eigenvalue weighted by Gasteiger charge is 2.25. The maximum absolute atomic E-state index is 15.2. The third kappa shape index (κ3) is 4.74. The van der Waals surface area contributed by atoms with Crippen molar-refractivity contribution in [2.75, 3.05) is 0 Å². The van der Waals surface area contributed by atoms with E-state index in [9.17, 15) is 4.79 Å². The quantitative estimate of drug-likeness (QED) is 0.384. The van der Waals surface area contributed by atoms with Gasteiger partial charge in [-0.15, -0.1) is 0 Å². The summed E-state index contributed by atoms with van der Waals surface area (Å²) < 4.78 is 31.9. The number of aromatic amines is 1. The van der Waals surface area contributed by atoms with E-state index in [-0.39, 0.29) is 23.3 Å². The fourth-order valence-electron chi connectivity index (χ4n) is 4.38. The Bertz CT molecular complexity index is 1620. The Labute approximate surface area is 213 Å². The van der Waals surface area contributed by atoms with Gasteiger partial charge in [0, 0.05) is 41.6 Å². The summed E-state index contributed by atoms with van der Waals surface area (Å²) in [6.07, 6.45) is 5.02. The van der Waals surface area contributed by atoms with Gasteiger partial charge in [-0.05, 0) is 46.4 Å². The molecule has 4 aromatic rings. The molecular weight excluding hydrogens is 472 g/mol. The van der Waals surface area contributed by atoms with Gasteiger partial charge in [0.1, 0.15) is 11.6 Å². The molecule has 8 heteroatoms. The lowest BCUT2D eigenvalue weighted by molar-refractivity contribution is 0.401. The smallest absolute Gasteiger partial charge is 0.249 e. The van der Waals surface area contributed by atoms with Crippen molar-refractivity contribution in [1.29, 1.82) is 0 Å². The lowest BCUT2D eigenvalue weighted by atomic mass is 9.84. The van der Waals surface area contributed by atoms with Crippen LogP contribution in [-0.2, 0) is 19.0 Å². The van der Waals surface area contributed by atoms with E-state index in [2.05, 4.69) is 21.8 Å². The fourth-order valence-corrected chi connectivity index (χ4v) is 4.38. The number of H-pyrrole nitrogens is 1. The van der Waals surface area contributed by atoms with Gasteiger partial charge in [-0.3, -0.25) is 14.5 Å². The molecule has 0 bridgehead atoms. The molecule has 3 heterocycles. The molecule has 0 aliphatic carbocycles. The summed E-state index contributed by atoms with van der Waals surface area (Å²) in [7, 11) is 1.79. The highest BCUT2D eigenvalue weighted by molar-refractivity contribution is 5.91. The van der Waals surface area contributed by atoms with E-state index in [0.29, 0.717) is 39.2 Å². The van der Waals surface area contributed by atoms with Gasteiger partial charge < -0.3 is 4.98 Å². The van der Waals surface area contributed by atoms with E-state index in [1.165, 1.54) is 23.2 Å². The van der Waals surface area contributed by atoms with Crippen LogP contribution in [0.3, 0.4) is 0 Å². The largest absolute Gasteiger partial charge is 0.322 e. The van der Waals surface area contributed by atoms with E-state index >= 15 is 8.78 Å². The molecule has 37 heavy (non-hydrogen) atoms. The first-order valence-corrected chi connectivity index (χ1v) is 11.9. The molecule has 2 aromatic carbocycles. The molecule has 1 N–H and O–H groups in total. The molecule has 0 fully saturated rings. The number of benzene rings is 2. The lowest BCUT2D eigenvalue weighted by Crippen LogP contribution is -2.23. The van der Waals surface area contributed by atoms with Crippen molar-refractivity contribution in [2.45, 2.75) is 32.7 Å². The zero-order valence-electron chi connectivity index (χ0n) is 21.1. The Hall–Kier alpha value is -4.33. The zero-order valence-corrected chi connectivity index (χ0v) is 21.1. The molecule has 0 amide bonds. The first kappa shape index (κ1) is 24.4. The van der Waals surface area contributed by atoms with Crippen LogP contribution in [0.15, 0.2) is 71.3 Å². The third-order valence-corrected chi connectivity index (χ3v) is 6.49. The van der Waals surface area contributed by atoms with Crippen LogP contribution in [-0.4, -0.2) is 26.0 Å². The minimum Gasteiger partial charge on any atom is -0.322 e. The van der Waals surface area contributed by atoms with Gasteiger partial charge in [-0.25, -0.2) is 8.78 Å². The number of hydrogen-bond donors (Lipinski definition) is 1. The average Bonchev–Trinajstić information content (AvgIpc) is 3.27. The number of fused-ring (bicyclic) bond motifs is 1. The second-order valence-corrected chi connectivity index (χ2v) is 10.3. The second-order valence-electron chi connectivity index (χ2n) is 10.3.